The van der Waals surface area contributed by atoms with E-state index >= 15 is 0 Å². The van der Waals surface area contributed by atoms with Gasteiger partial charge in [0.25, 0.3) is 11.5 Å². The number of carbonyl (C=O) groups is 2. The molecule has 2 amide bonds. The predicted octanol–water partition coefficient (Wildman–Crippen LogP) is 3.64. The highest BCUT2D eigenvalue weighted by molar-refractivity contribution is 6.05. The van der Waals surface area contributed by atoms with E-state index in [9.17, 15) is 14.4 Å². The molecule has 0 saturated heterocycles. The molecule has 9 heteroatoms. The Morgan fingerprint density at radius 2 is 1.69 bits per heavy atom. The first-order chi connectivity index (χ1) is 17.5. The number of carbonyl (C=O) groups excluding carboxylic acids is 2. The highest BCUT2D eigenvalue weighted by atomic mass is 16.5. The molecule has 0 saturated carbocycles. The number of rotatable bonds is 9. The Labute approximate surface area is 208 Å². The minimum Gasteiger partial charge on any atom is -0.495 e. The summed E-state index contributed by atoms with van der Waals surface area (Å²) in [5.74, 6) is 0.564. The maximum absolute atomic E-state index is 12.6. The Morgan fingerprint density at radius 3 is 2.44 bits per heavy atom. The van der Waals surface area contributed by atoms with Crippen molar-refractivity contribution in [2.45, 2.75) is 13.5 Å². The Bertz CT molecular complexity index is 1430. The van der Waals surface area contributed by atoms with Crippen molar-refractivity contribution in [1.82, 2.24) is 14.9 Å². The number of fused-ring (bicyclic) bond motifs is 1. The van der Waals surface area contributed by atoms with Crippen molar-refractivity contribution in [1.29, 1.82) is 0 Å². The number of hydrogen-bond acceptors (Lipinski definition) is 6. The van der Waals surface area contributed by atoms with Crippen LogP contribution in [0.1, 0.15) is 23.1 Å². The SMILES string of the molecule is CCN(CC(=O)Nc1ccc(C(=O)Nc2ccccc2OC)cc1)Cc1nc2ccccc2c(=O)[nH]1. The average Bonchev–Trinajstić information content (AvgIpc) is 2.89. The van der Waals surface area contributed by atoms with Crippen LogP contribution in [0.4, 0.5) is 11.4 Å². The van der Waals surface area contributed by atoms with E-state index in [1.54, 1.807) is 61.7 Å². The molecule has 9 nitrogen and oxygen atoms in total. The van der Waals surface area contributed by atoms with Crippen LogP contribution in [-0.4, -0.2) is 46.9 Å². The Morgan fingerprint density at radius 1 is 0.972 bits per heavy atom. The van der Waals surface area contributed by atoms with E-state index in [2.05, 4.69) is 20.6 Å². The summed E-state index contributed by atoms with van der Waals surface area (Å²) in [7, 11) is 1.54. The smallest absolute Gasteiger partial charge is 0.258 e. The molecule has 0 radical (unpaired) electrons. The number of aromatic amines is 1. The van der Waals surface area contributed by atoms with Crippen LogP contribution in [-0.2, 0) is 11.3 Å². The van der Waals surface area contributed by atoms with Crippen LogP contribution < -0.4 is 20.9 Å². The van der Waals surface area contributed by atoms with Crippen LogP contribution in [0.15, 0.2) is 77.6 Å². The van der Waals surface area contributed by atoms with Gasteiger partial charge in [0.2, 0.25) is 5.91 Å². The molecule has 0 aliphatic heterocycles. The second-order valence-corrected chi connectivity index (χ2v) is 8.11. The lowest BCUT2D eigenvalue weighted by molar-refractivity contribution is -0.117. The van der Waals surface area contributed by atoms with Gasteiger partial charge in [0.1, 0.15) is 11.6 Å². The standard InChI is InChI=1S/C27H27N5O4/c1-3-32(16-24-29-21-9-5-4-8-20(21)27(35)31-24)17-25(33)28-19-14-12-18(13-15-19)26(34)30-22-10-6-7-11-23(22)36-2/h4-15H,3,16-17H2,1-2H3,(H,28,33)(H,30,34)(H,29,31,35). The summed E-state index contributed by atoms with van der Waals surface area (Å²) in [4.78, 5) is 46.7. The topological polar surface area (TPSA) is 116 Å². The van der Waals surface area contributed by atoms with Crippen LogP contribution in [0.2, 0.25) is 0 Å². The van der Waals surface area contributed by atoms with Crippen molar-refractivity contribution in [3.05, 3.63) is 94.5 Å². The quantitative estimate of drug-likeness (QED) is 0.333. The Balaban J connectivity index is 1.35. The van der Waals surface area contributed by atoms with Gasteiger partial charge in [0.15, 0.2) is 0 Å². The zero-order valence-electron chi connectivity index (χ0n) is 20.1. The van der Waals surface area contributed by atoms with Crippen LogP contribution in [0.5, 0.6) is 5.75 Å². The molecule has 36 heavy (non-hydrogen) atoms. The number of benzene rings is 3. The molecule has 0 spiro atoms. The number of nitrogens with one attached hydrogen (secondary N) is 3. The normalized spacial score (nSPS) is 10.9. The number of ether oxygens (including phenoxy) is 1. The van der Waals surface area contributed by atoms with E-state index < -0.39 is 0 Å². The largest absolute Gasteiger partial charge is 0.495 e. The lowest BCUT2D eigenvalue weighted by atomic mass is 10.2. The number of likely N-dealkylation sites (N-methyl/N-ethyl adjacent to an activating group) is 1. The van der Waals surface area contributed by atoms with Crippen molar-refractivity contribution in [2.24, 2.45) is 0 Å². The molecular weight excluding hydrogens is 458 g/mol. The predicted molar refractivity (Wildman–Crippen MR) is 139 cm³/mol. The molecule has 0 bridgehead atoms. The summed E-state index contributed by atoms with van der Waals surface area (Å²) >= 11 is 0. The van der Waals surface area contributed by atoms with Crippen molar-refractivity contribution >= 4 is 34.1 Å². The average molecular weight is 486 g/mol. The van der Waals surface area contributed by atoms with Crippen LogP contribution in [0.25, 0.3) is 10.9 Å². The second-order valence-electron chi connectivity index (χ2n) is 8.11. The number of amides is 2. The van der Waals surface area contributed by atoms with Gasteiger partial charge >= 0.3 is 0 Å². The second kappa shape index (κ2) is 11.3. The van der Waals surface area contributed by atoms with E-state index in [0.29, 0.717) is 52.5 Å². The zero-order chi connectivity index (χ0) is 25.5. The van der Waals surface area contributed by atoms with Crippen LogP contribution in [0.3, 0.4) is 0 Å². The van der Waals surface area contributed by atoms with Crippen molar-refractivity contribution < 1.29 is 14.3 Å². The van der Waals surface area contributed by atoms with E-state index in [-0.39, 0.29) is 23.9 Å². The van der Waals surface area contributed by atoms with E-state index in [1.165, 1.54) is 0 Å². The number of hydrogen-bond donors (Lipinski definition) is 3. The first kappa shape index (κ1) is 24.6. The molecule has 4 aromatic rings. The van der Waals surface area contributed by atoms with Crippen LogP contribution in [0, 0.1) is 0 Å². The third-order valence-corrected chi connectivity index (χ3v) is 5.64. The number of para-hydroxylation sites is 3. The summed E-state index contributed by atoms with van der Waals surface area (Å²) in [5.41, 5.74) is 2.00. The summed E-state index contributed by atoms with van der Waals surface area (Å²) in [6, 6.07) is 20.9. The fourth-order valence-electron chi connectivity index (χ4n) is 3.75. The molecule has 0 fully saturated rings. The lowest BCUT2D eigenvalue weighted by Crippen LogP contribution is -2.33. The molecular formula is C27H27N5O4. The zero-order valence-corrected chi connectivity index (χ0v) is 20.1. The maximum atomic E-state index is 12.6. The number of nitrogens with zero attached hydrogens (tertiary/aromatic N) is 2. The van der Waals surface area contributed by atoms with Gasteiger partial charge in [-0.25, -0.2) is 4.98 Å². The minimum absolute atomic E-state index is 0.114. The van der Waals surface area contributed by atoms with Gasteiger partial charge in [0, 0.05) is 11.3 Å². The Kier molecular flexibility index (Phi) is 7.72. The van der Waals surface area contributed by atoms with Gasteiger partial charge in [-0.2, -0.15) is 0 Å². The first-order valence-corrected chi connectivity index (χ1v) is 11.5. The van der Waals surface area contributed by atoms with Gasteiger partial charge in [-0.15, -0.1) is 0 Å². The number of aromatic nitrogens is 2. The van der Waals surface area contributed by atoms with Crippen molar-refractivity contribution in [3.8, 4) is 5.75 Å². The summed E-state index contributed by atoms with van der Waals surface area (Å²) in [6.07, 6.45) is 0. The molecule has 1 aromatic heterocycles. The third kappa shape index (κ3) is 5.94. The molecule has 4 rings (SSSR count). The van der Waals surface area contributed by atoms with E-state index in [1.807, 2.05) is 30.0 Å². The molecule has 0 aliphatic carbocycles. The van der Waals surface area contributed by atoms with Crippen molar-refractivity contribution in [3.63, 3.8) is 0 Å². The van der Waals surface area contributed by atoms with Gasteiger partial charge in [-0.3, -0.25) is 19.3 Å². The first-order valence-electron chi connectivity index (χ1n) is 11.5. The Hall–Kier alpha value is -4.50. The van der Waals surface area contributed by atoms with E-state index in [0.717, 1.165) is 0 Å². The highest BCUT2D eigenvalue weighted by Crippen LogP contribution is 2.24. The van der Waals surface area contributed by atoms with Gasteiger partial charge in [-0.05, 0) is 55.1 Å². The van der Waals surface area contributed by atoms with Crippen LogP contribution >= 0.6 is 0 Å². The summed E-state index contributed by atoms with van der Waals surface area (Å²) < 4.78 is 5.26. The maximum Gasteiger partial charge on any atom is 0.258 e. The molecule has 0 atom stereocenters. The third-order valence-electron chi connectivity index (χ3n) is 5.64. The molecule has 0 unspecified atom stereocenters. The number of anilines is 2. The molecule has 3 N–H and O–H groups in total. The molecule has 3 aromatic carbocycles. The molecule has 184 valence electrons. The summed E-state index contributed by atoms with van der Waals surface area (Å²) in [5, 5.41) is 6.19. The monoisotopic (exact) mass is 485 g/mol. The number of H-pyrrole nitrogens is 1. The van der Waals surface area contributed by atoms with Gasteiger partial charge in [0.05, 0.1) is 36.8 Å². The molecule has 0 aliphatic rings. The fraction of sp³-hybridized carbons (Fsp3) is 0.185. The minimum atomic E-state index is -0.286. The lowest BCUT2D eigenvalue weighted by Gasteiger charge is -2.19. The van der Waals surface area contributed by atoms with Gasteiger partial charge in [-0.1, -0.05) is 31.2 Å². The fourth-order valence-corrected chi connectivity index (χ4v) is 3.75. The number of methoxy groups -OCH3 is 1. The highest BCUT2D eigenvalue weighted by Gasteiger charge is 2.14. The van der Waals surface area contributed by atoms with Gasteiger partial charge < -0.3 is 20.4 Å². The van der Waals surface area contributed by atoms with E-state index in [4.69, 9.17) is 4.74 Å². The molecule has 1 heterocycles. The summed E-state index contributed by atoms with van der Waals surface area (Å²) in [6.45, 7) is 2.96. The van der Waals surface area contributed by atoms with Crippen molar-refractivity contribution in [2.75, 3.05) is 30.8 Å².